The van der Waals surface area contributed by atoms with Crippen molar-refractivity contribution in [3.8, 4) is 0 Å². The summed E-state index contributed by atoms with van der Waals surface area (Å²) in [5, 5.41) is 8.34. The molecule has 56 valence electrons. The van der Waals surface area contributed by atoms with Crippen LogP contribution in [0.5, 0.6) is 0 Å². The highest BCUT2D eigenvalue weighted by molar-refractivity contribution is 7.85. The summed E-state index contributed by atoms with van der Waals surface area (Å²) < 4.78 is 27.8. The van der Waals surface area contributed by atoms with Gasteiger partial charge in [0, 0.05) is 0 Å². The van der Waals surface area contributed by atoms with E-state index in [1.54, 1.807) is 0 Å². The number of hydroxylamine groups is 1. The highest BCUT2D eigenvalue weighted by Gasteiger charge is 2.04. The van der Waals surface area contributed by atoms with E-state index in [2.05, 4.69) is 5.84 Å². The van der Waals surface area contributed by atoms with Crippen LogP contribution in [-0.4, -0.2) is 35.6 Å². The number of rotatable bonds is 3. The van der Waals surface area contributed by atoms with Crippen LogP contribution in [-0.2, 0) is 10.1 Å². The van der Waals surface area contributed by atoms with Gasteiger partial charge in [0.1, 0.15) is 0 Å². The van der Waals surface area contributed by atoms with Crippen LogP contribution in [0.3, 0.4) is 0 Å². The molecule has 0 spiro atoms. The van der Waals surface area contributed by atoms with Crippen molar-refractivity contribution in [3.63, 3.8) is 0 Å². The molecule has 0 saturated heterocycles. The molecule has 0 aliphatic heterocycles. The lowest BCUT2D eigenvalue weighted by molar-refractivity contribution is -0.0877. The summed E-state index contributed by atoms with van der Waals surface area (Å²) in [6.45, 7) is -0.307. The van der Waals surface area contributed by atoms with E-state index in [-0.39, 0.29) is 11.7 Å². The zero-order valence-electron chi connectivity index (χ0n) is 4.56. The quantitative estimate of drug-likeness (QED) is 0.259. The van der Waals surface area contributed by atoms with Gasteiger partial charge >= 0.3 is 0 Å². The molecule has 7 heteroatoms. The first-order valence-corrected chi connectivity index (χ1v) is 3.69. The minimum absolute atomic E-state index is 0.188. The molecule has 0 radical (unpaired) electrons. The molecular formula is C2H8N2O4S. The molecule has 0 aromatic rings. The molecule has 6 nitrogen and oxygen atoms in total. The molecule has 0 rings (SSSR count). The van der Waals surface area contributed by atoms with Crippen molar-refractivity contribution < 1.29 is 18.2 Å². The van der Waals surface area contributed by atoms with Gasteiger partial charge in [-0.2, -0.15) is 8.42 Å². The largest absolute Gasteiger partial charge is 0.299 e. The maximum Gasteiger partial charge on any atom is 0.266 e. The van der Waals surface area contributed by atoms with Crippen molar-refractivity contribution in [2.24, 2.45) is 5.84 Å². The van der Waals surface area contributed by atoms with Gasteiger partial charge in [-0.1, -0.05) is 0 Å². The lowest BCUT2D eigenvalue weighted by Gasteiger charge is -2.03. The summed E-state index contributed by atoms with van der Waals surface area (Å²) in [7, 11) is -4.00. The van der Waals surface area contributed by atoms with Crippen LogP contribution in [0.25, 0.3) is 0 Å². The van der Waals surface area contributed by atoms with Crippen molar-refractivity contribution in [2.45, 2.75) is 0 Å². The summed E-state index contributed by atoms with van der Waals surface area (Å²) in [4.78, 5) is 0. The van der Waals surface area contributed by atoms with E-state index < -0.39 is 15.9 Å². The van der Waals surface area contributed by atoms with E-state index in [0.717, 1.165) is 0 Å². The van der Waals surface area contributed by atoms with Crippen LogP contribution in [0.15, 0.2) is 0 Å². The Morgan fingerprint density at radius 3 is 2.11 bits per heavy atom. The van der Waals surface area contributed by atoms with E-state index in [1.807, 2.05) is 0 Å². The summed E-state index contributed by atoms with van der Waals surface area (Å²) in [6.07, 6.45) is 0. The third-order valence-corrected chi connectivity index (χ3v) is 1.28. The summed E-state index contributed by atoms with van der Waals surface area (Å²) in [5.74, 6) is 4.04. The zero-order chi connectivity index (χ0) is 7.49. The van der Waals surface area contributed by atoms with Crippen molar-refractivity contribution in [1.29, 1.82) is 0 Å². The smallest absolute Gasteiger partial charge is 0.266 e. The van der Waals surface area contributed by atoms with Gasteiger partial charge in [-0.3, -0.25) is 9.76 Å². The first-order chi connectivity index (χ1) is 3.92. The van der Waals surface area contributed by atoms with E-state index in [0.29, 0.717) is 0 Å². The molecule has 0 aliphatic carbocycles. The van der Waals surface area contributed by atoms with Crippen LogP contribution in [0.2, 0.25) is 0 Å². The normalized spacial score (nSPS) is 12.4. The average Bonchev–Trinajstić information content (AvgIpc) is 1.59. The Morgan fingerprint density at radius 1 is 1.56 bits per heavy atom. The van der Waals surface area contributed by atoms with Crippen LogP contribution in [0.4, 0.5) is 0 Å². The minimum Gasteiger partial charge on any atom is -0.299 e. The number of hydrazine groups is 1. The molecule has 0 bridgehead atoms. The lowest BCUT2D eigenvalue weighted by atomic mass is 10.8. The van der Waals surface area contributed by atoms with Crippen molar-refractivity contribution >= 4 is 10.1 Å². The molecule has 0 saturated carbocycles. The van der Waals surface area contributed by atoms with Gasteiger partial charge < -0.3 is 0 Å². The van der Waals surface area contributed by atoms with Gasteiger partial charge in [0.2, 0.25) is 0 Å². The fourth-order valence-electron chi connectivity index (χ4n) is 0.209. The van der Waals surface area contributed by atoms with Gasteiger partial charge in [-0.25, -0.2) is 5.84 Å². The average molecular weight is 156 g/mol. The molecule has 9 heavy (non-hydrogen) atoms. The molecule has 0 heterocycles. The van der Waals surface area contributed by atoms with Gasteiger partial charge in [-0.15, -0.1) is 5.17 Å². The number of hydrogen-bond donors (Lipinski definition) is 3. The Balaban J connectivity index is 3.53. The van der Waals surface area contributed by atoms with Crippen molar-refractivity contribution in [3.05, 3.63) is 0 Å². The SMILES string of the molecule is NN(O)CCS(=O)(=O)O. The van der Waals surface area contributed by atoms with Gasteiger partial charge in [0.25, 0.3) is 10.1 Å². The Kier molecular flexibility index (Phi) is 3.01. The highest BCUT2D eigenvalue weighted by atomic mass is 32.2. The highest BCUT2D eigenvalue weighted by Crippen LogP contribution is 1.80. The summed E-state index contributed by atoms with van der Waals surface area (Å²) >= 11 is 0. The van der Waals surface area contributed by atoms with E-state index in [9.17, 15) is 8.42 Å². The lowest BCUT2D eigenvalue weighted by Crippen LogP contribution is -2.31. The number of nitrogens with zero attached hydrogens (tertiary/aromatic N) is 1. The third-order valence-electron chi connectivity index (χ3n) is 0.578. The van der Waals surface area contributed by atoms with E-state index in [1.165, 1.54) is 0 Å². The first-order valence-electron chi connectivity index (χ1n) is 2.08. The monoisotopic (exact) mass is 156 g/mol. The second-order valence-electron chi connectivity index (χ2n) is 1.45. The molecule has 0 amide bonds. The van der Waals surface area contributed by atoms with E-state index >= 15 is 0 Å². The molecular weight excluding hydrogens is 148 g/mol. The molecule has 0 aromatic heterocycles. The molecule has 4 N–H and O–H groups in total. The molecule has 0 aromatic carbocycles. The second kappa shape index (κ2) is 3.08. The fraction of sp³-hybridized carbons (Fsp3) is 1.00. The summed E-state index contributed by atoms with van der Waals surface area (Å²) in [6, 6.07) is 0. The topological polar surface area (TPSA) is 104 Å². The van der Waals surface area contributed by atoms with Gasteiger partial charge in [0.05, 0.1) is 12.3 Å². The maximum atomic E-state index is 9.90. The predicted octanol–water partition coefficient (Wildman–Crippen LogP) is -1.56. The molecule has 0 fully saturated rings. The van der Waals surface area contributed by atoms with Crippen LogP contribution in [0.1, 0.15) is 0 Å². The Hall–Kier alpha value is -0.210. The summed E-state index contributed by atoms with van der Waals surface area (Å²) in [5.41, 5.74) is 0. The maximum absolute atomic E-state index is 9.90. The standard InChI is InChI=1S/C2H8N2O4S/c3-4(5)1-2-9(6,7)8/h5H,1-3H2,(H,6,7,8). The van der Waals surface area contributed by atoms with E-state index in [4.69, 9.17) is 9.76 Å². The van der Waals surface area contributed by atoms with Gasteiger partial charge in [0.15, 0.2) is 0 Å². The Bertz CT molecular complexity index is 161. The molecule has 0 atom stereocenters. The van der Waals surface area contributed by atoms with Crippen LogP contribution in [0, 0.1) is 0 Å². The van der Waals surface area contributed by atoms with Crippen molar-refractivity contribution in [2.75, 3.05) is 12.3 Å². The predicted molar refractivity (Wildman–Crippen MR) is 29.1 cm³/mol. The third kappa shape index (κ3) is 7.79. The van der Waals surface area contributed by atoms with Crippen LogP contribution >= 0.6 is 0 Å². The number of nitrogens with two attached hydrogens (primary N) is 1. The number of hydrogen-bond acceptors (Lipinski definition) is 5. The Labute approximate surface area is 52.6 Å². The second-order valence-corrected chi connectivity index (χ2v) is 3.02. The molecule has 0 aliphatic rings. The molecule has 0 unspecified atom stereocenters. The first kappa shape index (κ1) is 8.79. The Morgan fingerprint density at radius 2 is 2.00 bits per heavy atom. The minimum atomic E-state index is -4.00. The zero-order valence-corrected chi connectivity index (χ0v) is 5.37. The van der Waals surface area contributed by atoms with Crippen molar-refractivity contribution in [1.82, 2.24) is 5.17 Å². The van der Waals surface area contributed by atoms with Crippen LogP contribution < -0.4 is 5.84 Å². The van der Waals surface area contributed by atoms with Gasteiger partial charge in [-0.05, 0) is 0 Å². The fourth-order valence-corrected chi connectivity index (χ4v) is 0.627.